The molecule has 6 heteroatoms. The van der Waals surface area contributed by atoms with Crippen LogP contribution in [0.1, 0.15) is 73.5 Å². The van der Waals surface area contributed by atoms with Crippen molar-refractivity contribution in [2.24, 2.45) is 0 Å². The van der Waals surface area contributed by atoms with Crippen LogP contribution in [-0.4, -0.2) is 17.9 Å². The molecule has 3 aliphatic rings. The van der Waals surface area contributed by atoms with E-state index in [0.29, 0.717) is 12.0 Å². The lowest BCUT2D eigenvalue weighted by atomic mass is 9.74. The van der Waals surface area contributed by atoms with Crippen molar-refractivity contribution in [3.8, 4) is 0 Å². The van der Waals surface area contributed by atoms with Crippen molar-refractivity contribution in [1.29, 1.82) is 0 Å². The highest BCUT2D eigenvalue weighted by Gasteiger charge is 2.42. The van der Waals surface area contributed by atoms with Gasteiger partial charge in [-0.2, -0.15) is 0 Å². The van der Waals surface area contributed by atoms with Gasteiger partial charge in [-0.1, -0.05) is 18.6 Å². The first-order valence-corrected chi connectivity index (χ1v) is 12.9. The molecule has 1 saturated carbocycles. The fourth-order valence-corrected chi connectivity index (χ4v) is 6.85. The van der Waals surface area contributed by atoms with Gasteiger partial charge in [0.1, 0.15) is 6.10 Å². The first-order chi connectivity index (χ1) is 15.1. The maximum absolute atomic E-state index is 13.4. The number of ether oxygens (including phenoxy) is 1. The van der Waals surface area contributed by atoms with E-state index in [9.17, 15) is 9.59 Å². The summed E-state index contributed by atoms with van der Waals surface area (Å²) in [5.74, 6) is -0.258. The van der Waals surface area contributed by atoms with E-state index in [1.54, 1.807) is 22.7 Å². The molecule has 162 valence electrons. The van der Waals surface area contributed by atoms with Gasteiger partial charge in [0.25, 0.3) is 0 Å². The van der Waals surface area contributed by atoms with E-state index < -0.39 is 0 Å². The Morgan fingerprint density at radius 1 is 1.03 bits per heavy atom. The Hall–Kier alpha value is -2.18. The van der Waals surface area contributed by atoms with Crippen LogP contribution in [0.5, 0.6) is 0 Å². The van der Waals surface area contributed by atoms with Gasteiger partial charge in [-0.3, -0.25) is 4.79 Å². The molecule has 0 unspecified atom stereocenters. The van der Waals surface area contributed by atoms with Gasteiger partial charge in [-0.25, -0.2) is 4.79 Å². The van der Waals surface area contributed by atoms with Crippen LogP contribution in [0.4, 0.5) is 0 Å². The molecule has 0 bridgehead atoms. The third kappa shape index (κ3) is 4.03. The number of hydrogen-bond donors (Lipinski definition) is 1. The van der Waals surface area contributed by atoms with E-state index in [-0.39, 0.29) is 29.7 Å². The van der Waals surface area contributed by atoms with Crippen molar-refractivity contribution >= 4 is 34.4 Å². The number of nitrogens with one attached hydrogen (secondary N) is 1. The molecule has 2 atom stereocenters. The lowest BCUT2D eigenvalue weighted by molar-refractivity contribution is -0.146. The Kier molecular flexibility index (Phi) is 5.85. The molecule has 1 aliphatic heterocycles. The zero-order chi connectivity index (χ0) is 21.4. The molecule has 2 aliphatic carbocycles. The van der Waals surface area contributed by atoms with Crippen molar-refractivity contribution in [2.45, 2.75) is 69.8 Å². The lowest BCUT2D eigenvalue weighted by Gasteiger charge is -2.36. The molecule has 0 aromatic carbocycles. The monoisotopic (exact) mass is 453 g/mol. The van der Waals surface area contributed by atoms with Crippen LogP contribution in [0.3, 0.4) is 0 Å². The average Bonchev–Trinajstić information content (AvgIpc) is 3.47. The van der Waals surface area contributed by atoms with Gasteiger partial charge in [-0.15, -0.1) is 22.7 Å². The first-order valence-electron chi connectivity index (χ1n) is 11.1. The molecule has 0 amide bonds. The summed E-state index contributed by atoms with van der Waals surface area (Å²) in [4.78, 5) is 29.1. The van der Waals surface area contributed by atoms with E-state index in [0.717, 1.165) is 53.9 Å². The molecule has 2 aromatic heterocycles. The van der Waals surface area contributed by atoms with E-state index in [2.05, 4.69) is 16.8 Å². The number of dihydropyridines is 1. The Labute approximate surface area is 191 Å². The van der Waals surface area contributed by atoms with Crippen LogP contribution in [-0.2, 0) is 14.3 Å². The first kappa shape index (κ1) is 20.7. The molecule has 5 rings (SSSR count). The summed E-state index contributed by atoms with van der Waals surface area (Å²) in [5, 5.41) is 7.53. The zero-order valence-electron chi connectivity index (χ0n) is 17.7. The highest BCUT2D eigenvalue weighted by Crippen LogP contribution is 2.47. The molecule has 1 fully saturated rings. The van der Waals surface area contributed by atoms with Crippen molar-refractivity contribution in [1.82, 2.24) is 5.32 Å². The average molecular weight is 454 g/mol. The van der Waals surface area contributed by atoms with Crippen LogP contribution in [0.15, 0.2) is 57.6 Å². The van der Waals surface area contributed by atoms with Gasteiger partial charge in [-0.05, 0) is 61.9 Å². The summed E-state index contributed by atoms with van der Waals surface area (Å²) >= 11 is 3.31. The van der Waals surface area contributed by atoms with Gasteiger partial charge in [0, 0.05) is 39.1 Å². The standard InChI is InChI=1S/C25H27NO3S2/c1-15-22(25(28)29-17-7-3-2-4-8-17)24(21-10-6-12-31-21)23-18(26-15)13-16(14-19(23)27)20-9-5-11-30-20/h5-6,9-12,16-17,24,26H,2-4,7-8,13-14H2,1H3/t16-,24+/m1/s1. The summed E-state index contributed by atoms with van der Waals surface area (Å²) in [6.07, 6.45) is 6.59. The van der Waals surface area contributed by atoms with E-state index in [4.69, 9.17) is 4.74 Å². The predicted molar refractivity (Wildman–Crippen MR) is 124 cm³/mol. The van der Waals surface area contributed by atoms with Gasteiger partial charge in [0.2, 0.25) is 0 Å². The van der Waals surface area contributed by atoms with Gasteiger partial charge in [0.15, 0.2) is 5.78 Å². The van der Waals surface area contributed by atoms with Gasteiger partial charge >= 0.3 is 5.97 Å². The molecule has 2 aromatic rings. The summed E-state index contributed by atoms with van der Waals surface area (Å²) in [5.41, 5.74) is 3.16. The highest BCUT2D eigenvalue weighted by molar-refractivity contribution is 7.10. The lowest BCUT2D eigenvalue weighted by Crippen LogP contribution is -2.36. The Morgan fingerprint density at radius 2 is 1.74 bits per heavy atom. The maximum Gasteiger partial charge on any atom is 0.337 e. The number of thiophene rings is 2. The molecule has 3 heterocycles. The number of carbonyl (C=O) groups is 2. The molecule has 0 spiro atoms. The number of rotatable bonds is 4. The smallest absolute Gasteiger partial charge is 0.337 e. The van der Waals surface area contributed by atoms with Gasteiger partial charge < -0.3 is 10.1 Å². The van der Waals surface area contributed by atoms with Crippen LogP contribution in [0.2, 0.25) is 0 Å². The predicted octanol–water partition coefficient (Wildman–Crippen LogP) is 6.05. The maximum atomic E-state index is 13.4. The van der Waals surface area contributed by atoms with E-state index in [1.165, 1.54) is 11.3 Å². The molecule has 0 saturated heterocycles. The van der Waals surface area contributed by atoms with Crippen LogP contribution < -0.4 is 5.32 Å². The fraction of sp³-hybridized carbons (Fsp3) is 0.440. The van der Waals surface area contributed by atoms with Crippen molar-refractivity contribution in [2.75, 3.05) is 0 Å². The number of allylic oxidation sites excluding steroid dienone is 3. The minimum Gasteiger partial charge on any atom is -0.459 e. The van der Waals surface area contributed by atoms with Gasteiger partial charge in [0.05, 0.1) is 11.5 Å². The van der Waals surface area contributed by atoms with Crippen molar-refractivity contribution in [3.63, 3.8) is 0 Å². The molecule has 4 nitrogen and oxygen atoms in total. The normalized spacial score (nSPS) is 24.7. The summed E-state index contributed by atoms with van der Waals surface area (Å²) in [6.45, 7) is 1.95. The molecule has 31 heavy (non-hydrogen) atoms. The highest BCUT2D eigenvalue weighted by atomic mass is 32.1. The Bertz CT molecular complexity index is 1030. The molecular formula is C25H27NO3S2. The van der Waals surface area contributed by atoms with Crippen LogP contribution >= 0.6 is 22.7 Å². The summed E-state index contributed by atoms with van der Waals surface area (Å²) < 4.78 is 5.96. The molecule has 0 radical (unpaired) electrons. The van der Waals surface area contributed by atoms with Crippen LogP contribution in [0.25, 0.3) is 0 Å². The third-order valence-electron chi connectivity index (χ3n) is 6.65. The number of hydrogen-bond acceptors (Lipinski definition) is 6. The zero-order valence-corrected chi connectivity index (χ0v) is 19.3. The third-order valence-corrected chi connectivity index (χ3v) is 8.62. The Morgan fingerprint density at radius 3 is 2.42 bits per heavy atom. The van der Waals surface area contributed by atoms with E-state index >= 15 is 0 Å². The van der Waals surface area contributed by atoms with Crippen molar-refractivity contribution < 1.29 is 14.3 Å². The van der Waals surface area contributed by atoms with Crippen LogP contribution in [0, 0.1) is 0 Å². The quantitative estimate of drug-likeness (QED) is 0.573. The second-order valence-corrected chi connectivity index (χ2v) is 10.7. The topological polar surface area (TPSA) is 55.4 Å². The second-order valence-electron chi connectivity index (χ2n) is 8.71. The Balaban J connectivity index is 1.49. The number of Topliss-reactive ketones (excluding diaryl/α,β-unsaturated/α-hetero) is 1. The second kappa shape index (κ2) is 8.75. The molecular weight excluding hydrogens is 426 g/mol. The SMILES string of the molecule is CC1=C(C(=O)OC2CCCCC2)[C@H](c2cccs2)C2=C(C[C@@H](c3cccs3)CC2=O)N1. The molecule has 1 N–H and O–H groups in total. The van der Waals surface area contributed by atoms with Crippen molar-refractivity contribution in [3.05, 3.63) is 67.3 Å². The minimum atomic E-state index is -0.330. The number of carbonyl (C=O) groups excluding carboxylic acids is 2. The number of ketones is 1. The minimum absolute atomic E-state index is 0.00817. The summed E-state index contributed by atoms with van der Waals surface area (Å²) in [7, 11) is 0. The number of esters is 1. The fourth-order valence-electron chi connectivity index (χ4n) is 5.17. The van der Waals surface area contributed by atoms with E-state index in [1.807, 2.05) is 30.5 Å². The largest absolute Gasteiger partial charge is 0.459 e. The summed E-state index contributed by atoms with van der Waals surface area (Å²) in [6, 6.07) is 8.18.